The number of Topliss-reactive ketones (excluding diaryl/α,β-unsaturated/α-hetero) is 1. The summed E-state index contributed by atoms with van der Waals surface area (Å²) in [5.74, 6) is -1.39. The van der Waals surface area contributed by atoms with Gasteiger partial charge in [-0.2, -0.15) is 0 Å². The van der Waals surface area contributed by atoms with Crippen LogP contribution in [-0.4, -0.2) is 33.2 Å². The third-order valence-electron chi connectivity index (χ3n) is 5.56. The van der Waals surface area contributed by atoms with Crippen LogP contribution in [-0.2, 0) is 9.59 Å². The second kappa shape index (κ2) is 8.49. The van der Waals surface area contributed by atoms with Crippen molar-refractivity contribution in [1.29, 1.82) is 0 Å². The number of carbonyl (C=O) groups excluding carboxylic acids is 2. The van der Waals surface area contributed by atoms with Crippen molar-refractivity contribution >= 4 is 28.2 Å². The highest BCUT2D eigenvalue weighted by atomic mass is 16.3. The summed E-state index contributed by atoms with van der Waals surface area (Å²) in [6.45, 7) is 2.54. The molecule has 1 N–H and O–H groups in total. The number of amides is 1. The fourth-order valence-corrected chi connectivity index (χ4v) is 4.06. The van der Waals surface area contributed by atoms with Crippen LogP contribution < -0.4 is 0 Å². The van der Waals surface area contributed by atoms with Crippen molar-refractivity contribution in [2.24, 2.45) is 0 Å². The molecule has 1 amide bonds. The Hall–Kier alpha value is -3.47. The summed E-state index contributed by atoms with van der Waals surface area (Å²) in [5, 5.41) is 13.1. The summed E-state index contributed by atoms with van der Waals surface area (Å²) in [5.41, 5.74) is 1.22. The minimum atomic E-state index is -0.693. The van der Waals surface area contributed by atoms with E-state index in [0.717, 1.165) is 30.0 Å². The molecule has 1 atom stereocenters. The third kappa shape index (κ3) is 3.47. The number of hydrogen-bond acceptors (Lipinski definition) is 4. The molecule has 2 heterocycles. The Bertz CT molecular complexity index is 1120. The van der Waals surface area contributed by atoms with Gasteiger partial charge >= 0.3 is 0 Å². The summed E-state index contributed by atoms with van der Waals surface area (Å²) in [4.78, 5) is 31.9. The lowest BCUT2D eigenvalue weighted by Gasteiger charge is -2.24. The number of aliphatic hydroxyl groups excluding tert-OH is 1. The molecule has 1 aliphatic heterocycles. The van der Waals surface area contributed by atoms with E-state index in [1.54, 1.807) is 29.3 Å². The second-order valence-corrected chi connectivity index (χ2v) is 7.48. The van der Waals surface area contributed by atoms with Crippen molar-refractivity contribution in [1.82, 2.24) is 9.88 Å². The van der Waals surface area contributed by atoms with Gasteiger partial charge in [0.15, 0.2) is 0 Å². The fraction of sp³-hybridized carbons (Fsp3) is 0.240. The maximum atomic E-state index is 13.0. The van der Waals surface area contributed by atoms with Crippen LogP contribution in [0.15, 0.2) is 72.4 Å². The summed E-state index contributed by atoms with van der Waals surface area (Å²) >= 11 is 0. The lowest BCUT2D eigenvalue weighted by atomic mass is 9.95. The Morgan fingerprint density at radius 3 is 2.53 bits per heavy atom. The van der Waals surface area contributed by atoms with Gasteiger partial charge in [0.2, 0.25) is 0 Å². The number of aliphatic hydroxyl groups is 1. The predicted octanol–water partition coefficient (Wildman–Crippen LogP) is 4.85. The van der Waals surface area contributed by atoms with Crippen LogP contribution >= 0.6 is 0 Å². The van der Waals surface area contributed by atoms with Gasteiger partial charge < -0.3 is 10.0 Å². The number of fused-ring (bicyclic) bond motifs is 1. The molecular formula is C25H24N2O3. The number of aromatic nitrogens is 1. The van der Waals surface area contributed by atoms with Crippen molar-refractivity contribution in [3.63, 3.8) is 0 Å². The highest BCUT2D eigenvalue weighted by Crippen LogP contribution is 2.39. The van der Waals surface area contributed by atoms with E-state index in [2.05, 4.69) is 11.9 Å². The maximum Gasteiger partial charge on any atom is 0.295 e. The number of likely N-dealkylation sites (tertiary alicyclic amines) is 1. The molecule has 1 saturated heterocycles. The SMILES string of the molecule is CCCCCN1C(=O)C(=O)/C(=C(\O)c2cccc3ccccc23)C1c1ccccn1. The topological polar surface area (TPSA) is 70.5 Å². The lowest BCUT2D eigenvalue weighted by molar-refractivity contribution is -0.140. The molecule has 5 nitrogen and oxygen atoms in total. The quantitative estimate of drug-likeness (QED) is 0.278. The van der Waals surface area contributed by atoms with Crippen LogP contribution in [0.2, 0.25) is 0 Å². The minimum absolute atomic E-state index is 0.103. The molecule has 0 bridgehead atoms. The van der Waals surface area contributed by atoms with E-state index in [-0.39, 0.29) is 11.3 Å². The van der Waals surface area contributed by atoms with Gasteiger partial charge in [0, 0.05) is 18.3 Å². The van der Waals surface area contributed by atoms with E-state index in [4.69, 9.17) is 0 Å². The first-order valence-electron chi connectivity index (χ1n) is 10.3. The Balaban J connectivity index is 1.89. The number of benzene rings is 2. The Morgan fingerprint density at radius 2 is 1.77 bits per heavy atom. The number of rotatable bonds is 6. The molecule has 0 radical (unpaired) electrons. The molecule has 0 saturated carbocycles. The molecule has 1 fully saturated rings. The van der Waals surface area contributed by atoms with Crippen LogP contribution in [0.3, 0.4) is 0 Å². The van der Waals surface area contributed by atoms with E-state index in [0.29, 0.717) is 17.8 Å². The Kier molecular flexibility index (Phi) is 5.61. The third-order valence-corrected chi connectivity index (χ3v) is 5.56. The number of carbonyl (C=O) groups is 2. The zero-order valence-electron chi connectivity index (χ0n) is 16.9. The van der Waals surface area contributed by atoms with Crippen LogP contribution in [0.25, 0.3) is 16.5 Å². The lowest BCUT2D eigenvalue weighted by Crippen LogP contribution is -2.31. The van der Waals surface area contributed by atoms with Crippen molar-refractivity contribution in [3.05, 3.63) is 83.7 Å². The van der Waals surface area contributed by atoms with Crippen LogP contribution in [0, 0.1) is 0 Å². The largest absolute Gasteiger partial charge is 0.507 e. The van der Waals surface area contributed by atoms with E-state index in [9.17, 15) is 14.7 Å². The van der Waals surface area contributed by atoms with Crippen molar-refractivity contribution in [3.8, 4) is 0 Å². The smallest absolute Gasteiger partial charge is 0.295 e. The number of ketones is 1. The highest BCUT2D eigenvalue weighted by Gasteiger charge is 2.46. The summed E-state index contributed by atoms with van der Waals surface area (Å²) in [6, 6.07) is 17.9. The molecule has 2 aromatic carbocycles. The van der Waals surface area contributed by atoms with Gasteiger partial charge in [-0.05, 0) is 29.3 Å². The summed E-state index contributed by atoms with van der Waals surface area (Å²) < 4.78 is 0. The molecule has 5 heteroatoms. The van der Waals surface area contributed by atoms with E-state index < -0.39 is 17.7 Å². The van der Waals surface area contributed by atoms with Gasteiger partial charge in [-0.15, -0.1) is 0 Å². The number of pyridine rings is 1. The molecule has 0 aliphatic carbocycles. The maximum absolute atomic E-state index is 13.0. The first-order chi connectivity index (χ1) is 14.6. The van der Waals surface area contributed by atoms with Crippen LogP contribution in [0.5, 0.6) is 0 Å². The Morgan fingerprint density at radius 1 is 1.00 bits per heavy atom. The standard InChI is InChI=1S/C25H24N2O3/c1-2-3-8-16-27-22(20-14-6-7-15-26-20)21(24(29)25(27)30)23(28)19-13-9-11-17-10-4-5-12-18(17)19/h4-7,9-15,22,28H,2-3,8,16H2,1H3/b23-21-. The Labute approximate surface area is 175 Å². The number of unbranched alkanes of at least 4 members (excludes halogenated alkanes) is 2. The van der Waals surface area contributed by atoms with E-state index >= 15 is 0 Å². The van der Waals surface area contributed by atoms with Crippen LogP contribution in [0.1, 0.15) is 43.5 Å². The van der Waals surface area contributed by atoms with Crippen molar-refractivity contribution < 1.29 is 14.7 Å². The van der Waals surface area contributed by atoms with Crippen molar-refractivity contribution in [2.75, 3.05) is 6.54 Å². The molecule has 152 valence electrons. The molecule has 1 aromatic heterocycles. The van der Waals surface area contributed by atoms with Gasteiger partial charge in [-0.1, -0.05) is 68.3 Å². The highest BCUT2D eigenvalue weighted by molar-refractivity contribution is 6.46. The average Bonchev–Trinajstić information content (AvgIpc) is 3.04. The monoisotopic (exact) mass is 400 g/mol. The first-order valence-corrected chi connectivity index (χ1v) is 10.3. The van der Waals surface area contributed by atoms with Gasteiger partial charge in [-0.3, -0.25) is 14.6 Å². The molecule has 30 heavy (non-hydrogen) atoms. The van der Waals surface area contributed by atoms with Gasteiger partial charge in [0.1, 0.15) is 11.8 Å². The second-order valence-electron chi connectivity index (χ2n) is 7.48. The van der Waals surface area contributed by atoms with E-state index in [1.165, 1.54) is 0 Å². The van der Waals surface area contributed by atoms with Gasteiger partial charge in [-0.25, -0.2) is 0 Å². The molecule has 0 spiro atoms. The zero-order valence-corrected chi connectivity index (χ0v) is 16.9. The fourth-order valence-electron chi connectivity index (χ4n) is 4.06. The first kappa shape index (κ1) is 19.8. The summed E-state index contributed by atoms with van der Waals surface area (Å²) in [7, 11) is 0. The van der Waals surface area contributed by atoms with Gasteiger partial charge in [0.25, 0.3) is 11.7 Å². The van der Waals surface area contributed by atoms with Crippen molar-refractivity contribution in [2.45, 2.75) is 32.2 Å². The van der Waals surface area contributed by atoms with Crippen LogP contribution in [0.4, 0.5) is 0 Å². The van der Waals surface area contributed by atoms with E-state index in [1.807, 2.05) is 42.5 Å². The molecular weight excluding hydrogens is 376 g/mol. The predicted molar refractivity (Wildman–Crippen MR) is 117 cm³/mol. The number of nitrogens with zero attached hydrogens (tertiary/aromatic N) is 2. The molecule has 4 rings (SSSR count). The molecule has 1 aliphatic rings. The number of hydrogen-bond donors (Lipinski definition) is 1. The van der Waals surface area contributed by atoms with Gasteiger partial charge in [0.05, 0.1) is 11.3 Å². The minimum Gasteiger partial charge on any atom is -0.507 e. The zero-order chi connectivity index (χ0) is 21.1. The molecule has 3 aromatic rings. The molecule has 1 unspecified atom stereocenters. The normalized spacial score (nSPS) is 18.3. The summed E-state index contributed by atoms with van der Waals surface area (Å²) in [6.07, 6.45) is 4.40. The average molecular weight is 400 g/mol.